The highest BCUT2D eigenvalue weighted by Crippen LogP contribution is 2.39. The van der Waals surface area contributed by atoms with Crippen molar-refractivity contribution in [1.29, 1.82) is 0 Å². The molecule has 6 nitrogen and oxygen atoms in total. The van der Waals surface area contributed by atoms with Crippen LogP contribution < -0.4 is 5.32 Å². The summed E-state index contributed by atoms with van der Waals surface area (Å²) in [5.74, 6) is 0.634. The average Bonchev–Trinajstić information content (AvgIpc) is 3.42. The van der Waals surface area contributed by atoms with Crippen LogP contribution in [0.3, 0.4) is 0 Å². The largest absolute Gasteiger partial charge is 0.340 e. The van der Waals surface area contributed by atoms with Crippen LogP contribution >= 0.6 is 0 Å². The summed E-state index contributed by atoms with van der Waals surface area (Å²) < 4.78 is 0. The molecule has 0 bridgehead atoms. The number of amides is 3. The summed E-state index contributed by atoms with van der Waals surface area (Å²) in [5, 5.41) is 3.02. The van der Waals surface area contributed by atoms with Crippen molar-refractivity contribution in [3.63, 3.8) is 0 Å². The molecule has 0 radical (unpaired) electrons. The number of imide groups is 1. The molecule has 3 amide bonds. The van der Waals surface area contributed by atoms with E-state index in [2.05, 4.69) is 17.2 Å². The Morgan fingerprint density at radius 1 is 1.03 bits per heavy atom. The number of nitrogens with zero attached hydrogens (tertiary/aromatic N) is 2. The molecule has 1 saturated heterocycles. The molecule has 0 unspecified atom stereocenters. The molecule has 6 heteroatoms. The fraction of sp³-hybridized carbons (Fsp3) is 0.464. The molecule has 3 atom stereocenters. The minimum absolute atomic E-state index is 0. The third kappa shape index (κ3) is 4.59. The normalized spacial score (nSPS) is 20.6. The fourth-order valence-corrected chi connectivity index (χ4v) is 5.37. The second kappa shape index (κ2) is 10.4. The third-order valence-electron chi connectivity index (χ3n) is 7.14. The molecule has 1 aliphatic carbocycles. The second-order valence-corrected chi connectivity index (χ2v) is 9.32. The number of aromatic amines is 1. The second-order valence-electron chi connectivity index (χ2n) is 9.32. The van der Waals surface area contributed by atoms with Crippen LogP contribution in [-0.2, 0) is 4.79 Å². The van der Waals surface area contributed by atoms with Crippen molar-refractivity contribution < 1.29 is 12.4 Å². The lowest BCUT2D eigenvalue weighted by Gasteiger charge is -2.30. The van der Waals surface area contributed by atoms with Crippen molar-refractivity contribution in [2.24, 2.45) is 5.92 Å². The van der Waals surface area contributed by atoms with Crippen molar-refractivity contribution in [1.82, 2.24) is 20.2 Å². The Bertz CT molecular complexity index is 1140. The zero-order valence-electron chi connectivity index (χ0n) is 20.7. The maximum absolute atomic E-state index is 13.6. The van der Waals surface area contributed by atoms with Gasteiger partial charge in [-0.1, -0.05) is 76.4 Å². The van der Waals surface area contributed by atoms with E-state index >= 15 is 0 Å². The summed E-state index contributed by atoms with van der Waals surface area (Å²) in [6.45, 7) is 8.10. The summed E-state index contributed by atoms with van der Waals surface area (Å²) in [4.78, 5) is 36.5. The quantitative estimate of drug-likeness (QED) is 0.411. The predicted molar refractivity (Wildman–Crippen MR) is 140 cm³/mol. The van der Waals surface area contributed by atoms with Crippen molar-refractivity contribution in [3.05, 3.63) is 65.5 Å². The van der Waals surface area contributed by atoms with E-state index in [0.717, 1.165) is 47.8 Å². The number of urea groups is 1. The molecule has 2 aromatic carbocycles. The number of fused-ring (bicyclic) bond motifs is 1. The number of aryl methyl sites for hydroxylation is 1. The molecule has 184 valence electrons. The van der Waals surface area contributed by atoms with Gasteiger partial charge in [0.2, 0.25) is 0 Å². The summed E-state index contributed by atoms with van der Waals surface area (Å²) in [6, 6.07) is 14.8. The number of nitrogens with one attached hydrogen (secondary N) is 2. The van der Waals surface area contributed by atoms with Crippen LogP contribution in [0.2, 0.25) is 0 Å². The molecule has 2 fully saturated rings. The molecule has 34 heavy (non-hydrogen) atoms. The van der Waals surface area contributed by atoms with Crippen molar-refractivity contribution in [2.45, 2.75) is 77.8 Å². The van der Waals surface area contributed by atoms with Gasteiger partial charge in [-0.05, 0) is 48.9 Å². The van der Waals surface area contributed by atoms with Gasteiger partial charge in [0.1, 0.15) is 17.9 Å². The molecular formula is C28H40N4O2. The smallest absolute Gasteiger partial charge is 0.325 e. The van der Waals surface area contributed by atoms with Gasteiger partial charge in [-0.3, -0.25) is 9.69 Å². The van der Waals surface area contributed by atoms with Gasteiger partial charge in [-0.25, -0.2) is 9.78 Å². The highest BCUT2D eigenvalue weighted by molar-refractivity contribution is 6.05. The lowest BCUT2D eigenvalue weighted by Crippen LogP contribution is -2.40. The number of carbonyl (C=O) groups excluding carboxylic acids is 2. The number of carbonyl (C=O) groups is 2. The summed E-state index contributed by atoms with van der Waals surface area (Å²) in [5.41, 5.74) is 3.96. The molecule has 2 heterocycles. The highest BCUT2D eigenvalue weighted by Gasteiger charge is 2.48. The minimum atomic E-state index is -0.508. The maximum Gasteiger partial charge on any atom is 0.325 e. The molecule has 1 aliphatic heterocycles. The molecule has 0 spiro atoms. The Balaban J connectivity index is 0.00000111. The number of H-pyrrole nitrogens is 1. The van der Waals surface area contributed by atoms with Gasteiger partial charge in [0.05, 0.1) is 11.0 Å². The minimum Gasteiger partial charge on any atom is -0.340 e. The average molecular weight is 465 g/mol. The van der Waals surface area contributed by atoms with E-state index in [1.54, 1.807) is 0 Å². The van der Waals surface area contributed by atoms with Crippen molar-refractivity contribution >= 4 is 23.0 Å². The maximum atomic E-state index is 13.6. The first-order chi connectivity index (χ1) is 16.5. The van der Waals surface area contributed by atoms with Crippen LogP contribution in [0.1, 0.15) is 84.6 Å². The van der Waals surface area contributed by atoms with E-state index in [4.69, 9.17) is 4.98 Å². The monoisotopic (exact) mass is 464 g/mol. The summed E-state index contributed by atoms with van der Waals surface area (Å²) >= 11 is 0. The van der Waals surface area contributed by atoms with Crippen molar-refractivity contribution in [3.8, 4) is 0 Å². The number of aromatic nitrogens is 2. The Morgan fingerprint density at radius 2 is 1.74 bits per heavy atom. The summed E-state index contributed by atoms with van der Waals surface area (Å²) in [7, 11) is 0. The lowest BCUT2D eigenvalue weighted by atomic mass is 9.83. The van der Waals surface area contributed by atoms with Gasteiger partial charge in [0.25, 0.3) is 5.91 Å². The van der Waals surface area contributed by atoms with Gasteiger partial charge in [-0.2, -0.15) is 0 Å². The number of hydrogen-bond acceptors (Lipinski definition) is 3. The van der Waals surface area contributed by atoms with Gasteiger partial charge >= 0.3 is 6.03 Å². The van der Waals surface area contributed by atoms with Crippen LogP contribution in [0.5, 0.6) is 0 Å². The van der Waals surface area contributed by atoms with E-state index in [0.29, 0.717) is 5.82 Å². The Hall–Kier alpha value is -3.15. The first-order valence-electron chi connectivity index (χ1n) is 12.7. The standard InChI is InChI=1S/C26H30N4O2.C2H6.2H2/c1-16-13-14-20-21(15-16)28-24(27-20)23(17(2)18-9-5-3-6-10-18)30-25(31)22(29-26(30)32)19-11-7-4-8-12-19;1-2;;/h3,5-6,9-10,13-15,17,19,22-23H,4,7-8,11-12H2,1-2H3,(H,27,28)(H,29,32);1-2H3;2*1H/t17-,22+,23-;;;/m0.../s1. The van der Waals surface area contributed by atoms with Crippen LogP contribution in [0.25, 0.3) is 11.0 Å². The molecule has 2 N–H and O–H groups in total. The number of benzene rings is 2. The van der Waals surface area contributed by atoms with Crippen LogP contribution in [0.4, 0.5) is 4.79 Å². The SMILES string of the molecule is CC.Cc1ccc2nc([C@H]([C@@H](C)c3ccccc3)N3C(=O)N[C@H](C4CCCCC4)C3=O)[nH]c2c1.[HH].[HH]. The van der Waals surface area contributed by atoms with E-state index in [-0.39, 0.29) is 26.6 Å². The van der Waals surface area contributed by atoms with E-state index in [1.165, 1.54) is 11.3 Å². The molecule has 2 aliphatic rings. The Kier molecular flexibility index (Phi) is 7.35. The van der Waals surface area contributed by atoms with E-state index in [9.17, 15) is 9.59 Å². The van der Waals surface area contributed by atoms with Crippen LogP contribution in [0, 0.1) is 12.8 Å². The van der Waals surface area contributed by atoms with Crippen molar-refractivity contribution in [2.75, 3.05) is 0 Å². The van der Waals surface area contributed by atoms with Gasteiger partial charge in [0, 0.05) is 8.77 Å². The number of rotatable bonds is 5. The van der Waals surface area contributed by atoms with E-state index < -0.39 is 12.1 Å². The fourth-order valence-electron chi connectivity index (χ4n) is 5.37. The van der Waals surface area contributed by atoms with Gasteiger partial charge in [-0.15, -0.1) is 0 Å². The molecule has 1 aromatic heterocycles. The number of imidazole rings is 1. The highest BCUT2D eigenvalue weighted by atomic mass is 16.2. The van der Waals surface area contributed by atoms with Crippen LogP contribution in [-0.4, -0.2) is 32.8 Å². The number of hydrogen-bond donors (Lipinski definition) is 2. The Morgan fingerprint density at radius 3 is 2.44 bits per heavy atom. The third-order valence-corrected chi connectivity index (χ3v) is 7.14. The molecule has 5 rings (SSSR count). The zero-order valence-corrected chi connectivity index (χ0v) is 20.7. The first-order valence-corrected chi connectivity index (χ1v) is 12.7. The van der Waals surface area contributed by atoms with Gasteiger partial charge < -0.3 is 10.3 Å². The first kappa shape index (κ1) is 24.0. The Labute approximate surface area is 205 Å². The van der Waals surface area contributed by atoms with E-state index in [1.807, 2.05) is 69.3 Å². The van der Waals surface area contributed by atoms with Crippen LogP contribution in [0.15, 0.2) is 48.5 Å². The van der Waals surface area contributed by atoms with Gasteiger partial charge in [0.15, 0.2) is 0 Å². The molecule has 3 aromatic rings. The lowest BCUT2D eigenvalue weighted by molar-refractivity contribution is -0.131. The molecular weight excluding hydrogens is 424 g/mol. The zero-order chi connectivity index (χ0) is 24.2. The summed E-state index contributed by atoms with van der Waals surface area (Å²) in [6.07, 6.45) is 5.44. The molecule has 1 saturated carbocycles. The topological polar surface area (TPSA) is 78.1 Å². The predicted octanol–water partition coefficient (Wildman–Crippen LogP) is 6.74.